The van der Waals surface area contributed by atoms with Gasteiger partial charge < -0.3 is 4.74 Å². The normalized spacial score (nSPS) is 26.7. The van der Waals surface area contributed by atoms with Crippen LogP contribution in [0.1, 0.15) is 0 Å². The summed E-state index contributed by atoms with van der Waals surface area (Å²) in [6.07, 6.45) is -18.5. The van der Waals surface area contributed by atoms with Crippen LogP contribution in [0.4, 0.5) is 52.7 Å². The number of nitrogens with zero attached hydrogens (tertiary/aromatic N) is 1. The van der Waals surface area contributed by atoms with Crippen molar-refractivity contribution in [1.82, 2.24) is 4.90 Å². The summed E-state index contributed by atoms with van der Waals surface area (Å²) < 4.78 is 162. The molecular formula is C10HF12NO2. The maximum Gasteiger partial charge on any atom is 0.454 e. The van der Waals surface area contributed by atoms with E-state index >= 15 is 0 Å². The Morgan fingerprint density at radius 1 is 0.960 bits per heavy atom. The Hall–Kier alpha value is -2.02. The fourth-order valence-corrected chi connectivity index (χ4v) is 1.48. The van der Waals surface area contributed by atoms with Gasteiger partial charge in [-0.2, -0.15) is 52.7 Å². The van der Waals surface area contributed by atoms with E-state index in [2.05, 4.69) is 4.74 Å². The Kier molecular flexibility index (Phi) is 3.86. The average Bonchev–Trinajstić information content (AvgIpc) is 3.14. The van der Waals surface area contributed by atoms with Gasteiger partial charge in [-0.3, -0.25) is 0 Å². The fraction of sp³-hybridized carbons (Fsp3) is 0.500. The van der Waals surface area contributed by atoms with Gasteiger partial charge in [0.05, 0.1) is 0 Å². The van der Waals surface area contributed by atoms with Gasteiger partial charge in [0, 0.05) is 6.08 Å². The topological polar surface area (TPSA) is 21.7 Å². The smallest absolute Gasteiger partial charge is 0.439 e. The molecule has 0 bridgehead atoms. The lowest BCUT2D eigenvalue weighted by molar-refractivity contribution is -0.559. The summed E-state index contributed by atoms with van der Waals surface area (Å²) in [5.41, 5.74) is 1.72. The summed E-state index contributed by atoms with van der Waals surface area (Å²) >= 11 is 0. The van der Waals surface area contributed by atoms with E-state index in [1.807, 2.05) is 4.74 Å². The van der Waals surface area contributed by atoms with E-state index in [1.165, 1.54) is 0 Å². The Morgan fingerprint density at radius 2 is 1.36 bits per heavy atom. The Balaban J connectivity index is 2.68. The summed E-state index contributed by atoms with van der Waals surface area (Å²) in [7, 11) is 0. The summed E-state index contributed by atoms with van der Waals surface area (Å²) in [6, 6.07) is -13.3. The molecule has 0 aromatic carbocycles. The van der Waals surface area contributed by atoms with Crippen LogP contribution in [-0.4, -0.2) is 35.4 Å². The minimum Gasteiger partial charge on any atom is -0.439 e. The van der Waals surface area contributed by atoms with Crippen LogP contribution in [0.15, 0.2) is 29.3 Å². The molecule has 0 atom stereocenters. The van der Waals surface area contributed by atoms with Gasteiger partial charge in [0.25, 0.3) is 5.76 Å². The second-order valence-electron chi connectivity index (χ2n) is 4.43. The molecule has 2 aliphatic rings. The highest BCUT2D eigenvalue weighted by atomic mass is 19.4. The van der Waals surface area contributed by atoms with Crippen LogP contribution in [0.3, 0.4) is 0 Å². The van der Waals surface area contributed by atoms with Crippen LogP contribution in [-0.2, 0) is 9.47 Å². The number of ether oxygens (including phenoxy) is 2. The third-order valence-electron chi connectivity index (χ3n) is 2.63. The number of allylic oxidation sites excluding steroid dienone is 1. The first-order valence-electron chi connectivity index (χ1n) is 5.58. The molecule has 1 aliphatic heterocycles. The molecule has 2 rings (SSSR count). The van der Waals surface area contributed by atoms with E-state index in [1.54, 1.807) is 5.73 Å². The first kappa shape index (κ1) is 19.3. The Morgan fingerprint density at radius 3 is 1.68 bits per heavy atom. The highest BCUT2D eigenvalue weighted by Gasteiger charge is 2.84. The van der Waals surface area contributed by atoms with Crippen LogP contribution in [0.25, 0.3) is 0 Å². The minimum atomic E-state index is -6.65. The Bertz CT molecular complexity index is 658. The molecule has 0 unspecified atom stereocenters. The molecular weight excluding hydrogens is 394 g/mol. The van der Waals surface area contributed by atoms with Crippen molar-refractivity contribution < 1.29 is 62.2 Å². The van der Waals surface area contributed by atoms with E-state index in [-0.39, 0.29) is 0 Å². The summed E-state index contributed by atoms with van der Waals surface area (Å²) in [5.74, 6) is -8.20. The molecule has 0 radical (unpaired) electrons. The lowest BCUT2D eigenvalue weighted by Crippen LogP contribution is -2.73. The van der Waals surface area contributed by atoms with Crippen LogP contribution >= 0.6 is 0 Å². The molecule has 0 spiro atoms. The maximum absolute atomic E-state index is 13.7. The highest BCUT2D eigenvalue weighted by molar-refractivity contribution is 5.28. The van der Waals surface area contributed by atoms with Crippen molar-refractivity contribution in [3.8, 4) is 0 Å². The van der Waals surface area contributed by atoms with E-state index in [4.69, 9.17) is 0 Å². The maximum atomic E-state index is 13.7. The number of hydrogen-bond acceptors (Lipinski definition) is 3. The molecule has 15 heteroatoms. The molecule has 142 valence electrons. The zero-order valence-electron chi connectivity index (χ0n) is 10.9. The molecule has 0 N–H and O–H groups in total. The van der Waals surface area contributed by atoms with E-state index in [0.29, 0.717) is 6.08 Å². The lowest BCUT2D eigenvalue weighted by Gasteiger charge is -2.47. The van der Waals surface area contributed by atoms with Crippen LogP contribution in [0, 0.1) is 0 Å². The SMILES string of the molecule is F/C(=C(\OC1=C=C1)C(F)(F)F)N1C(F)(F)C(F)(F)OC(F)(F)C1(F)F. The lowest BCUT2D eigenvalue weighted by atomic mass is 10.2. The van der Waals surface area contributed by atoms with Gasteiger partial charge in [-0.15, -0.1) is 0 Å². The van der Waals surface area contributed by atoms with Crippen molar-refractivity contribution in [2.24, 2.45) is 0 Å². The second-order valence-corrected chi connectivity index (χ2v) is 4.43. The number of morpholine rings is 1. The molecule has 1 saturated heterocycles. The van der Waals surface area contributed by atoms with Gasteiger partial charge in [0.2, 0.25) is 5.95 Å². The second kappa shape index (κ2) is 5.00. The standard InChI is InChI=1S/C10HF12NO2/c11-5(4(6(12,13)14)24-3-1-2-3)23-7(15,16)9(19,20)25-10(21,22)8(23,17)18/h1H/b5-4+. The summed E-state index contributed by atoms with van der Waals surface area (Å²) in [5, 5.41) is 0. The summed E-state index contributed by atoms with van der Waals surface area (Å²) in [4.78, 5) is -3.03. The summed E-state index contributed by atoms with van der Waals surface area (Å²) in [6.45, 7) is 0. The molecule has 0 amide bonds. The largest absolute Gasteiger partial charge is 0.454 e. The predicted molar refractivity (Wildman–Crippen MR) is 49.6 cm³/mol. The Labute approximate surface area is 128 Å². The van der Waals surface area contributed by atoms with Crippen molar-refractivity contribution in [3.05, 3.63) is 29.3 Å². The molecule has 3 nitrogen and oxygen atoms in total. The van der Waals surface area contributed by atoms with Crippen LogP contribution in [0.2, 0.25) is 0 Å². The van der Waals surface area contributed by atoms with Gasteiger partial charge in [-0.05, 0) is 0 Å². The first-order chi connectivity index (χ1) is 11.0. The zero-order chi connectivity index (χ0) is 19.6. The van der Waals surface area contributed by atoms with Gasteiger partial charge in [0.1, 0.15) is 0 Å². The molecule has 1 aliphatic carbocycles. The molecule has 1 heterocycles. The van der Waals surface area contributed by atoms with E-state index < -0.39 is 52.9 Å². The number of hydrogen-bond donors (Lipinski definition) is 0. The highest BCUT2D eigenvalue weighted by Crippen LogP contribution is 2.58. The third kappa shape index (κ3) is 2.90. The molecule has 25 heavy (non-hydrogen) atoms. The van der Waals surface area contributed by atoms with E-state index in [9.17, 15) is 52.7 Å². The number of rotatable bonds is 3. The average molecular weight is 395 g/mol. The van der Waals surface area contributed by atoms with Crippen LogP contribution in [0.5, 0.6) is 0 Å². The minimum absolute atomic E-state index is 0.553. The van der Waals surface area contributed by atoms with E-state index in [0.717, 1.165) is 0 Å². The molecule has 1 fully saturated rings. The van der Waals surface area contributed by atoms with Gasteiger partial charge in [-0.25, -0.2) is 9.64 Å². The van der Waals surface area contributed by atoms with Crippen molar-refractivity contribution >= 4 is 0 Å². The van der Waals surface area contributed by atoms with Gasteiger partial charge in [-0.1, -0.05) is 5.73 Å². The fourth-order valence-electron chi connectivity index (χ4n) is 1.48. The predicted octanol–water partition coefficient (Wildman–Crippen LogP) is 4.46. The van der Waals surface area contributed by atoms with Gasteiger partial charge in [0.15, 0.2) is 5.76 Å². The molecule has 0 aromatic heterocycles. The zero-order valence-corrected chi connectivity index (χ0v) is 10.9. The first-order valence-corrected chi connectivity index (χ1v) is 5.58. The third-order valence-corrected chi connectivity index (χ3v) is 2.63. The van der Waals surface area contributed by atoms with Crippen molar-refractivity contribution in [3.63, 3.8) is 0 Å². The van der Waals surface area contributed by atoms with Crippen molar-refractivity contribution in [2.45, 2.75) is 30.5 Å². The monoisotopic (exact) mass is 395 g/mol. The quantitative estimate of drug-likeness (QED) is 0.305. The molecule has 0 aromatic rings. The number of alkyl halides is 11. The van der Waals surface area contributed by atoms with Gasteiger partial charge >= 0.3 is 30.5 Å². The molecule has 0 saturated carbocycles. The van der Waals surface area contributed by atoms with Crippen LogP contribution < -0.4 is 0 Å². The van der Waals surface area contributed by atoms with Crippen molar-refractivity contribution in [2.75, 3.05) is 0 Å². The number of halogens is 12. The van der Waals surface area contributed by atoms with Crippen molar-refractivity contribution in [1.29, 1.82) is 0 Å².